The third kappa shape index (κ3) is 3.73. The zero-order valence-corrected chi connectivity index (χ0v) is 13.0. The van der Waals surface area contributed by atoms with Crippen LogP contribution in [-0.4, -0.2) is 12.1 Å². The molecule has 0 heterocycles. The third-order valence-electron chi connectivity index (χ3n) is 5.48. The number of hydrogen-bond acceptors (Lipinski definition) is 1. The van der Waals surface area contributed by atoms with Crippen molar-refractivity contribution in [3.8, 4) is 0 Å². The minimum atomic E-state index is 0.576. The highest BCUT2D eigenvalue weighted by atomic mass is 15.0. The van der Waals surface area contributed by atoms with Crippen molar-refractivity contribution in [3.63, 3.8) is 0 Å². The van der Waals surface area contributed by atoms with Crippen LogP contribution in [0, 0.1) is 17.3 Å². The second kappa shape index (κ2) is 5.94. The Morgan fingerprint density at radius 3 is 2.22 bits per heavy atom. The van der Waals surface area contributed by atoms with E-state index < -0.39 is 0 Å². The lowest BCUT2D eigenvalue weighted by molar-refractivity contribution is 0.133. The molecule has 0 aliphatic heterocycles. The average molecular weight is 251 g/mol. The van der Waals surface area contributed by atoms with Gasteiger partial charge in [-0.1, -0.05) is 47.0 Å². The molecule has 18 heavy (non-hydrogen) atoms. The predicted molar refractivity (Wildman–Crippen MR) is 79.8 cm³/mol. The maximum Gasteiger partial charge on any atom is 0.00957 e. The van der Waals surface area contributed by atoms with Crippen molar-refractivity contribution in [1.29, 1.82) is 0 Å². The fourth-order valence-electron chi connectivity index (χ4n) is 4.21. The van der Waals surface area contributed by atoms with E-state index in [0.29, 0.717) is 5.41 Å². The highest BCUT2D eigenvalue weighted by Crippen LogP contribution is 2.39. The van der Waals surface area contributed by atoms with E-state index in [2.05, 4.69) is 33.0 Å². The topological polar surface area (TPSA) is 12.0 Å². The minimum Gasteiger partial charge on any atom is -0.311 e. The third-order valence-corrected chi connectivity index (χ3v) is 5.48. The Hall–Kier alpha value is -0.0400. The van der Waals surface area contributed by atoms with E-state index in [4.69, 9.17) is 0 Å². The van der Waals surface area contributed by atoms with E-state index >= 15 is 0 Å². The van der Waals surface area contributed by atoms with Gasteiger partial charge in [0.15, 0.2) is 0 Å². The first-order valence-corrected chi connectivity index (χ1v) is 8.24. The summed E-state index contributed by atoms with van der Waals surface area (Å²) >= 11 is 0. The van der Waals surface area contributed by atoms with E-state index in [1.54, 1.807) is 0 Å². The zero-order valence-electron chi connectivity index (χ0n) is 13.0. The molecule has 2 fully saturated rings. The van der Waals surface area contributed by atoms with Gasteiger partial charge in [0.2, 0.25) is 0 Å². The number of hydrogen-bond donors (Lipinski definition) is 1. The molecule has 2 rings (SSSR count). The van der Waals surface area contributed by atoms with Gasteiger partial charge in [0.1, 0.15) is 0 Å². The van der Waals surface area contributed by atoms with Crippen LogP contribution in [0.4, 0.5) is 0 Å². The molecule has 0 amide bonds. The molecule has 0 bridgehead atoms. The standard InChI is InChI=1S/C17H33N/c1-13-8-6-5-7-9-15(13)18-16-10-11-17(3,4)12-14(16)2/h13-16,18H,5-12H2,1-4H3. The SMILES string of the molecule is CC1CCCCCC1NC1CCC(C)(C)CC1C. The van der Waals surface area contributed by atoms with Gasteiger partial charge in [-0.3, -0.25) is 0 Å². The fourth-order valence-corrected chi connectivity index (χ4v) is 4.21. The summed E-state index contributed by atoms with van der Waals surface area (Å²) in [5.74, 6) is 1.74. The molecule has 1 nitrogen and oxygen atoms in total. The average Bonchev–Trinajstić information content (AvgIpc) is 2.47. The van der Waals surface area contributed by atoms with Gasteiger partial charge in [0.05, 0.1) is 0 Å². The van der Waals surface area contributed by atoms with E-state index in [1.165, 1.54) is 51.4 Å². The first-order valence-electron chi connectivity index (χ1n) is 8.24. The summed E-state index contributed by atoms with van der Waals surface area (Å²) in [6.07, 6.45) is 11.4. The van der Waals surface area contributed by atoms with Crippen molar-refractivity contribution in [2.24, 2.45) is 17.3 Å². The maximum atomic E-state index is 4.04. The Labute approximate surface area is 114 Å². The van der Waals surface area contributed by atoms with Crippen molar-refractivity contribution in [3.05, 3.63) is 0 Å². The first-order chi connectivity index (χ1) is 8.48. The summed E-state index contributed by atoms with van der Waals surface area (Å²) in [5.41, 5.74) is 0.576. The predicted octanol–water partition coefficient (Wildman–Crippen LogP) is 4.76. The molecule has 0 spiro atoms. The zero-order chi connectivity index (χ0) is 13.2. The van der Waals surface area contributed by atoms with Crippen LogP contribution in [0.15, 0.2) is 0 Å². The van der Waals surface area contributed by atoms with Gasteiger partial charge in [0.25, 0.3) is 0 Å². The monoisotopic (exact) mass is 251 g/mol. The molecule has 0 aromatic carbocycles. The molecule has 2 saturated carbocycles. The lowest BCUT2D eigenvalue weighted by Crippen LogP contribution is -2.48. The van der Waals surface area contributed by atoms with Crippen LogP contribution < -0.4 is 5.32 Å². The Bertz CT molecular complexity index is 258. The summed E-state index contributed by atoms with van der Waals surface area (Å²) in [6.45, 7) is 9.79. The molecule has 106 valence electrons. The van der Waals surface area contributed by atoms with E-state index in [1.807, 2.05) is 0 Å². The van der Waals surface area contributed by atoms with Crippen LogP contribution in [0.5, 0.6) is 0 Å². The molecule has 0 aromatic rings. The lowest BCUT2D eigenvalue weighted by Gasteiger charge is -2.42. The van der Waals surface area contributed by atoms with Crippen LogP contribution in [0.2, 0.25) is 0 Å². The summed E-state index contributed by atoms with van der Waals surface area (Å²) in [4.78, 5) is 0. The van der Waals surface area contributed by atoms with Gasteiger partial charge in [-0.25, -0.2) is 0 Å². The normalized spacial score (nSPS) is 41.3. The molecular formula is C17H33N. The highest BCUT2D eigenvalue weighted by molar-refractivity contribution is 4.90. The van der Waals surface area contributed by atoms with Crippen LogP contribution in [-0.2, 0) is 0 Å². The van der Waals surface area contributed by atoms with Crippen molar-refractivity contribution in [1.82, 2.24) is 5.32 Å². The highest BCUT2D eigenvalue weighted by Gasteiger charge is 2.34. The van der Waals surface area contributed by atoms with Gasteiger partial charge >= 0.3 is 0 Å². The molecule has 2 aliphatic rings. The van der Waals surface area contributed by atoms with Crippen LogP contribution >= 0.6 is 0 Å². The molecule has 1 heteroatoms. The molecule has 1 N–H and O–H groups in total. The minimum absolute atomic E-state index is 0.576. The second-order valence-corrected chi connectivity index (χ2v) is 7.88. The number of nitrogens with one attached hydrogen (secondary N) is 1. The van der Waals surface area contributed by atoms with Crippen LogP contribution in [0.25, 0.3) is 0 Å². The van der Waals surface area contributed by atoms with Gasteiger partial charge in [-0.05, 0) is 49.4 Å². The molecule has 0 aromatic heterocycles. The Morgan fingerprint density at radius 1 is 0.833 bits per heavy atom. The maximum absolute atomic E-state index is 4.04. The smallest absolute Gasteiger partial charge is 0.00957 e. The summed E-state index contributed by atoms with van der Waals surface area (Å²) in [6, 6.07) is 1.57. The van der Waals surface area contributed by atoms with Crippen LogP contribution in [0.1, 0.15) is 79.1 Å². The summed E-state index contributed by atoms with van der Waals surface area (Å²) < 4.78 is 0. The Kier molecular flexibility index (Phi) is 4.75. The molecule has 0 radical (unpaired) electrons. The van der Waals surface area contributed by atoms with Crippen molar-refractivity contribution in [2.75, 3.05) is 0 Å². The Morgan fingerprint density at radius 2 is 1.50 bits per heavy atom. The summed E-state index contributed by atoms with van der Waals surface area (Å²) in [7, 11) is 0. The molecular weight excluding hydrogens is 218 g/mol. The van der Waals surface area contributed by atoms with Crippen LogP contribution in [0.3, 0.4) is 0 Å². The second-order valence-electron chi connectivity index (χ2n) is 7.88. The van der Waals surface area contributed by atoms with E-state index in [9.17, 15) is 0 Å². The quantitative estimate of drug-likeness (QED) is 0.698. The molecule has 2 aliphatic carbocycles. The van der Waals surface area contributed by atoms with Gasteiger partial charge in [-0.15, -0.1) is 0 Å². The first kappa shape index (κ1) is 14.4. The number of rotatable bonds is 2. The fraction of sp³-hybridized carbons (Fsp3) is 1.00. The molecule has 4 unspecified atom stereocenters. The molecule has 0 saturated heterocycles. The van der Waals surface area contributed by atoms with Gasteiger partial charge in [0, 0.05) is 12.1 Å². The van der Waals surface area contributed by atoms with Crippen molar-refractivity contribution < 1.29 is 0 Å². The lowest BCUT2D eigenvalue weighted by atomic mass is 9.70. The summed E-state index contributed by atoms with van der Waals surface area (Å²) in [5, 5.41) is 4.04. The van der Waals surface area contributed by atoms with E-state index in [-0.39, 0.29) is 0 Å². The Balaban J connectivity index is 1.88. The van der Waals surface area contributed by atoms with E-state index in [0.717, 1.165) is 23.9 Å². The largest absolute Gasteiger partial charge is 0.311 e. The van der Waals surface area contributed by atoms with Crippen molar-refractivity contribution in [2.45, 2.75) is 91.1 Å². The van der Waals surface area contributed by atoms with Crippen molar-refractivity contribution >= 4 is 0 Å². The van der Waals surface area contributed by atoms with Gasteiger partial charge in [-0.2, -0.15) is 0 Å². The molecule has 4 atom stereocenters. The van der Waals surface area contributed by atoms with Gasteiger partial charge < -0.3 is 5.32 Å².